The fourth-order valence-corrected chi connectivity index (χ4v) is 2.45. The molecule has 5 heteroatoms. The zero-order valence-corrected chi connectivity index (χ0v) is 12.1. The van der Waals surface area contributed by atoms with Crippen molar-refractivity contribution in [1.82, 2.24) is 14.9 Å². The van der Waals surface area contributed by atoms with Crippen LogP contribution >= 0.6 is 0 Å². The Labute approximate surface area is 115 Å². The molecule has 1 aromatic rings. The van der Waals surface area contributed by atoms with Crippen molar-refractivity contribution in [3.63, 3.8) is 0 Å². The number of nitrogens with one attached hydrogen (secondary N) is 1. The van der Waals surface area contributed by atoms with Crippen LogP contribution in [0.15, 0.2) is 6.33 Å². The van der Waals surface area contributed by atoms with Gasteiger partial charge >= 0.3 is 0 Å². The van der Waals surface area contributed by atoms with E-state index in [1.165, 1.54) is 25.9 Å². The molecule has 19 heavy (non-hydrogen) atoms. The Balaban J connectivity index is 1.93. The van der Waals surface area contributed by atoms with Gasteiger partial charge in [0.15, 0.2) is 0 Å². The van der Waals surface area contributed by atoms with Gasteiger partial charge in [0.1, 0.15) is 12.1 Å². The van der Waals surface area contributed by atoms with E-state index in [4.69, 9.17) is 4.74 Å². The second-order valence-corrected chi connectivity index (χ2v) is 5.06. The van der Waals surface area contributed by atoms with Gasteiger partial charge in [-0.05, 0) is 46.7 Å². The van der Waals surface area contributed by atoms with E-state index < -0.39 is 0 Å². The number of hydrogen-bond acceptors (Lipinski definition) is 5. The van der Waals surface area contributed by atoms with Gasteiger partial charge in [-0.3, -0.25) is 4.90 Å². The summed E-state index contributed by atoms with van der Waals surface area (Å²) in [4.78, 5) is 11.0. The summed E-state index contributed by atoms with van der Waals surface area (Å²) in [6.45, 7) is 10.2. The minimum absolute atomic E-state index is 0.535. The van der Waals surface area contributed by atoms with Crippen LogP contribution in [-0.2, 0) is 0 Å². The summed E-state index contributed by atoms with van der Waals surface area (Å²) in [5, 5.41) is 3.42. The Morgan fingerprint density at radius 2 is 2.11 bits per heavy atom. The lowest BCUT2D eigenvalue weighted by Crippen LogP contribution is -2.35. The third-order valence-electron chi connectivity index (χ3n) is 3.65. The smallest absolute Gasteiger partial charge is 0.221 e. The van der Waals surface area contributed by atoms with Crippen LogP contribution in [-0.4, -0.2) is 47.2 Å². The predicted octanol–water partition coefficient (Wildman–Crippen LogP) is 2.08. The molecule has 0 saturated carbocycles. The molecule has 1 saturated heterocycles. The lowest BCUT2D eigenvalue weighted by atomic mass is 10.2. The first-order chi connectivity index (χ1) is 9.22. The van der Waals surface area contributed by atoms with E-state index in [1.54, 1.807) is 6.33 Å². The second-order valence-electron chi connectivity index (χ2n) is 5.06. The van der Waals surface area contributed by atoms with E-state index >= 15 is 0 Å². The SMILES string of the molecule is CCOc1ncnc(NCC(C)N2CCCC2)c1C. The lowest BCUT2D eigenvalue weighted by Gasteiger charge is -2.24. The molecule has 1 unspecified atom stereocenters. The molecule has 1 atom stereocenters. The van der Waals surface area contributed by atoms with E-state index in [0.717, 1.165) is 17.9 Å². The van der Waals surface area contributed by atoms with Crippen molar-refractivity contribution in [3.8, 4) is 5.88 Å². The summed E-state index contributed by atoms with van der Waals surface area (Å²) >= 11 is 0. The molecule has 0 radical (unpaired) electrons. The Hall–Kier alpha value is -1.36. The van der Waals surface area contributed by atoms with Crippen molar-refractivity contribution in [2.45, 2.75) is 39.7 Å². The van der Waals surface area contributed by atoms with Gasteiger partial charge in [-0.15, -0.1) is 0 Å². The molecular formula is C14H24N4O. The highest BCUT2D eigenvalue weighted by Gasteiger charge is 2.18. The van der Waals surface area contributed by atoms with Gasteiger partial charge in [-0.2, -0.15) is 0 Å². The van der Waals surface area contributed by atoms with Crippen molar-refractivity contribution < 1.29 is 4.74 Å². The Kier molecular flexibility index (Phi) is 4.96. The minimum atomic E-state index is 0.535. The van der Waals surface area contributed by atoms with Crippen molar-refractivity contribution in [1.29, 1.82) is 0 Å². The monoisotopic (exact) mass is 264 g/mol. The fraction of sp³-hybridized carbons (Fsp3) is 0.714. The lowest BCUT2D eigenvalue weighted by molar-refractivity contribution is 0.269. The van der Waals surface area contributed by atoms with Crippen LogP contribution in [0.25, 0.3) is 0 Å². The number of hydrogen-bond donors (Lipinski definition) is 1. The van der Waals surface area contributed by atoms with Crippen LogP contribution in [0.5, 0.6) is 5.88 Å². The highest BCUT2D eigenvalue weighted by Crippen LogP contribution is 2.20. The van der Waals surface area contributed by atoms with E-state index in [0.29, 0.717) is 18.5 Å². The third kappa shape index (κ3) is 3.56. The topological polar surface area (TPSA) is 50.3 Å². The van der Waals surface area contributed by atoms with E-state index in [9.17, 15) is 0 Å². The maximum absolute atomic E-state index is 5.48. The number of anilines is 1. The normalized spacial score (nSPS) is 17.4. The van der Waals surface area contributed by atoms with E-state index in [-0.39, 0.29) is 0 Å². The summed E-state index contributed by atoms with van der Waals surface area (Å²) in [7, 11) is 0. The zero-order chi connectivity index (χ0) is 13.7. The van der Waals surface area contributed by atoms with Gasteiger partial charge in [-0.1, -0.05) is 0 Å². The first-order valence-corrected chi connectivity index (χ1v) is 7.14. The molecule has 1 N–H and O–H groups in total. The second kappa shape index (κ2) is 6.70. The van der Waals surface area contributed by atoms with Gasteiger partial charge in [0.05, 0.1) is 12.2 Å². The molecule has 1 aromatic heterocycles. The largest absolute Gasteiger partial charge is 0.478 e. The maximum atomic E-state index is 5.48. The summed E-state index contributed by atoms with van der Waals surface area (Å²) in [5.41, 5.74) is 0.984. The molecule has 0 amide bonds. The maximum Gasteiger partial charge on any atom is 0.221 e. The summed E-state index contributed by atoms with van der Waals surface area (Å²) < 4.78 is 5.48. The van der Waals surface area contributed by atoms with Crippen molar-refractivity contribution in [2.75, 3.05) is 31.6 Å². The van der Waals surface area contributed by atoms with Gasteiger partial charge < -0.3 is 10.1 Å². The summed E-state index contributed by atoms with van der Waals surface area (Å²) in [5.74, 6) is 1.55. The minimum Gasteiger partial charge on any atom is -0.478 e. The average molecular weight is 264 g/mol. The molecule has 5 nitrogen and oxygen atoms in total. The number of likely N-dealkylation sites (tertiary alicyclic amines) is 1. The van der Waals surface area contributed by atoms with E-state index in [1.807, 2.05) is 13.8 Å². The van der Waals surface area contributed by atoms with Crippen LogP contribution < -0.4 is 10.1 Å². The highest BCUT2D eigenvalue weighted by molar-refractivity contribution is 5.47. The third-order valence-corrected chi connectivity index (χ3v) is 3.65. The average Bonchev–Trinajstić information content (AvgIpc) is 2.94. The van der Waals surface area contributed by atoms with Gasteiger partial charge in [0.2, 0.25) is 5.88 Å². The number of ether oxygens (including phenoxy) is 1. The molecule has 0 aliphatic carbocycles. The number of aromatic nitrogens is 2. The molecule has 2 heterocycles. The first-order valence-electron chi connectivity index (χ1n) is 7.14. The Morgan fingerprint density at radius 3 is 2.79 bits per heavy atom. The van der Waals surface area contributed by atoms with Crippen LogP contribution in [0.4, 0.5) is 5.82 Å². The van der Waals surface area contributed by atoms with Gasteiger partial charge in [-0.25, -0.2) is 9.97 Å². The van der Waals surface area contributed by atoms with Crippen molar-refractivity contribution in [3.05, 3.63) is 11.9 Å². The Morgan fingerprint density at radius 1 is 1.37 bits per heavy atom. The molecule has 0 spiro atoms. The first kappa shape index (κ1) is 14.1. The van der Waals surface area contributed by atoms with Crippen LogP contribution in [0.3, 0.4) is 0 Å². The standard InChI is InChI=1S/C14H24N4O/c1-4-19-14-12(3)13(16-10-17-14)15-9-11(2)18-7-5-6-8-18/h10-11H,4-9H2,1-3H3,(H,15,16,17). The quantitative estimate of drug-likeness (QED) is 0.852. The van der Waals surface area contributed by atoms with Crippen LogP contribution in [0.1, 0.15) is 32.3 Å². The number of rotatable bonds is 6. The molecule has 1 aliphatic heterocycles. The molecule has 0 aromatic carbocycles. The predicted molar refractivity (Wildman–Crippen MR) is 76.7 cm³/mol. The Bertz CT molecular complexity index is 404. The van der Waals surface area contributed by atoms with Gasteiger partial charge in [0, 0.05) is 12.6 Å². The zero-order valence-electron chi connectivity index (χ0n) is 12.1. The molecule has 1 aliphatic rings. The van der Waals surface area contributed by atoms with Crippen LogP contribution in [0.2, 0.25) is 0 Å². The molecule has 106 valence electrons. The van der Waals surface area contributed by atoms with Gasteiger partial charge in [0.25, 0.3) is 0 Å². The van der Waals surface area contributed by atoms with Crippen molar-refractivity contribution in [2.24, 2.45) is 0 Å². The fourth-order valence-electron chi connectivity index (χ4n) is 2.45. The molecular weight excluding hydrogens is 240 g/mol. The van der Waals surface area contributed by atoms with E-state index in [2.05, 4.69) is 27.1 Å². The molecule has 0 bridgehead atoms. The number of nitrogens with zero attached hydrogens (tertiary/aromatic N) is 3. The molecule has 1 fully saturated rings. The highest BCUT2D eigenvalue weighted by atomic mass is 16.5. The summed E-state index contributed by atoms with van der Waals surface area (Å²) in [6.07, 6.45) is 4.21. The summed E-state index contributed by atoms with van der Waals surface area (Å²) in [6, 6.07) is 0.535. The van der Waals surface area contributed by atoms with Crippen molar-refractivity contribution >= 4 is 5.82 Å². The molecule has 2 rings (SSSR count). The van der Waals surface area contributed by atoms with Crippen LogP contribution in [0, 0.1) is 6.92 Å².